The van der Waals surface area contributed by atoms with Gasteiger partial charge in [-0.05, 0) is 12.5 Å². The summed E-state index contributed by atoms with van der Waals surface area (Å²) in [5, 5.41) is 3.07. The van der Waals surface area contributed by atoms with Crippen molar-refractivity contribution in [1.29, 1.82) is 0 Å². The molecule has 2 nitrogen and oxygen atoms in total. The van der Waals surface area contributed by atoms with Gasteiger partial charge in [0.05, 0.1) is 0 Å². The molecule has 1 radical (unpaired) electrons. The molecule has 0 amide bonds. The Kier molecular flexibility index (Phi) is 1.17. The van der Waals surface area contributed by atoms with Crippen LogP contribution in [0.5, 0.6) is 0 Å². The molecule has 0 aromatic carbocycles. The van der Waals surface area contributed by atoms with E-state index in [0.29, 0.717) is 0 Å². The van der Waals surface area contributed by atoms with Gasteiger partial charge in [-0.25, -0.2) is 5.32 Å². The Balaban J connectivity index is 2.38. The number of hydrogen-bond acceptors (Lipinski definition) is 2. The zero-order valence-electron chi connectivity index (χ0n) is 5.54. The van der Waals surface area contributed by atoms with E-state index in [1.807, 2.05) is 6.20 Å². The highest BCUT2D eigenvalue weighted by atomic mass is 15.0. The highest BCUT2D eigenvalue weighted by molar-refractivity contribution is 5.63. The van der Waals surface area contributed by atoms with Crippen molar-refractivity contribution in [2.75, 3.05) is 0 Å². The first-order valence-corrected chi connectivity index (χ1v) is 3.31. The Morgan fingerprint density at radius 3 is 3.40 bits per heavy atom. The molecule has 1 aliphatic heterocycles. The van der Waals surface area contributed by atoms with E-state index in [0.717, 1.165) is 6.42 Å². The summed E-state index contributed by atoms with van der Waals surface area (Å²) in [6.45, 7) is 0. The molecule has 1 aliphatic carbocycles. The molecule has 0 saturated heterocycles. The van der Waals surface area contributed by atoms with Gasteiger partial charge in [0.15, 0.2) is 0 Å². The van der Waals surface area contributed by atoms with Crippen molar-refractivity contribution in [3.63, 3.8) is 0 Å². The molecule has 2 heteroatoms. The van der Waals surface area contributed by atoms with E-state index in [4.69, 9.17) is 0 Å². The molecule has 1 heterocycles. The lowest BCUT2D eigenvalue weighted by Gasteiger charge is -2.07. The molecule has 0 spiro atoms. The predicted octanol–water partition coefficient (Wildman–Crippen LogP) is 0.681. The van der Waals surface area contributed by atoms with E-state index >= 15 is 0 Å². The first-order chi connectivity index (χ1) is 4.97. The van der Waals surface area contributed by atoms with Crippen LogP contribution in [0.2, 0.25) is 0 Å². The fraction of sp³-hybridized carbons (Fsp3) is 0.125. The number of nitrogens with zero attached hydrogens (tertiary/aromatic N) is 1. The molecular weight excluding hydrogens is 124 g/mol. The standard InChI is InChI=1S/C8H8N2/c1-2-4-8-7(3-1)5-9-6-10-8/h1-2,4-6,10H,3H2/q+1. The van der Waals surface area contributed by atoms with Crippen molar-refractivity contribution in [2.45, 2.75) is 6.42 Å². The largest absolute Gasteiger partial charge is 0.284 e. The molecule has 0 saturated carbocycles. The second-order valence-electron chi connectivity index (χ2n) is 2.29. The predicted molar refractivity (Wildman–Crippen MR) is 41.3 cm³/mol. The topological polar surface area (TPSA) is 26.1 Å². The van der Waals surface area contributed by atoms with E-state index in [1.165, 1.54) is 11.3 Å². The van der Waals surface area contributed by atoms with Gasteiger partial charge in [0, 0.05) is 5.57 Å². The van der Waals surface area contributed by atoms with Gasteiger partial charge in [0.25, 0.3) is 6.34 Å². The van der Waals surface area contributed by atoms with Crippen molar-refractivity contribution < 1.29 is 0 Å². The number of rotatable bonds is 0. The quantitative estimate of drug-likeness (QED) is 0.515. The maximum Gasteiger partial charge on any atom is 0.284 e. The second kappa shape index (κ2) is 2.14. The van der Waals surface area contributed by atoms with E-state index in [-0.39, 0.29) is 0 Å². The van der Waals surface area contributed by atoms with Crippen LogP contribution in [0.15, 0.2) is 35.7 Å². The third kappa shape index (κ3) is 0.778. The Morgan fingerprint density at radius 1 is 1.50 bits per heavy atom. The molecular formula is C8H8N2+. The third-order valence-corrected chi connectivity index (χ3v) is 1.61. The van der Waals surface area contributed by atoms with Crippen molar-refractivity contribution >= 4 is 6.34 Å². The normalized spacial score (nSPS) is 20.8. The zero-order chi connectivity index (χ0) is 6.81. The van der Waals surface area contributed by atoms with Gasteiger partial charge >= 0.3 is 0 Å². The van der Waals surface area contributed by atoms with Crippen LogP contribution in [0.3, 0.4) is 0 Å². The van der Waals surface area contributed by atoms with Gasteiger partial charge in [-0.15, -0.1) is 0 Å². The summed E-state index contributed by atoms with van der Waals surface area (Å²) < 4.78 is 0. The number of allylic oxidation sites excluding steroid dienone is 4. The summed E-state index contributed by atoms with van der Waals surface area (Å²) in [5.41, 5.74) is 2.45. The van der Waals surface area contributed by atoms with Gasteiger partial charge in [-0.2, -0.15) is 0 Å². The lowest BCUT2D eigenvalue weighted by molar-refractivity contribution is 1.02. The maximum atomic E-state index is 3.99. The van der Waals surface area contributed by atoms with Crippen LogP contribution in [-0.2, 0) is 0 Å². The molecule has 0 aromatic rings. The van der Waals surface area contributed by atoms with Crippen LogP contribution in [0, 0.1) is 0 Å². The molecule has 2 rings (SSSR count). The van der Waals surface area contributed by atoms with Crippen LogP contribution in [0.1, 0.15) is 6.42 Å². The fourth-order valence-corrected chi connectivity index (χ4v) is 1.07. The third-order valence-electron chi connectivity index (χ3n) is 1.61. The van der Waals surface area contributed by atoms with Crippen LogP contribution in [-0.4, -0.2) is 6.34 Å². The smallest absolute Gasteiger partial charge is 0.244 e. The summed E-state index contributed by atoms with van der Waals surface area (Å²) >= 11 is 0. The summed E-state index contributed by atoms with van der Waals surface area (Å²) in [5.74, 6) is 0. The highest BCUT2D eigenvalue weighted by Crippen LogP contribution is 2.16. The van der Waals surface area contributed by atoms with Crippen LogP contribution in [0.4, 0.5) is 0 Å². The highest BCUT2D eigenvalue weighted by Gasteiger charge is 2.13. The van der Waals surface area contributed by atoms with Gasteiger partial charge in [-0.1, -0.05) is 17.1 Å². The number of aliphatic imine (C=N–C) groups is 1. The van der Waals surface area contributed by atoms with Crippen molar-refractivity contribution in [1.82, 2.24) is 10.3 Å². The first-order valence-electron chi connectivity index (χ1n) is 3.31. The van der Waals surface area contributed by atoms with Gasteiger partial charge < -0.3 is 0 Å². The lowest BCUT2D eigenvalue weighted by Crippen LogP contribution is -2.20. The first kappa shape index (κ1) is 5.47. The van der Waals surface area contributed by atoms with Gasteiger partial charge in [0.2, 0.25) is 0 Å². The minimum atomic E-state index is 0.996. The maximum absolute atomic E-state index is 3.99. The molecule has 0 aromatic heterocycles. The Bertz CT molecular complexity index is 228. The summed E-state index contributed by atoms with van der Waals surface area (Å²) in [4.78, 5) is 3.99. The van der Waals surface area contributed by atoms with Crippen molar-refractivity contribution in [3.8, 4) is 0 Å². The van der Waals surface area contributed by atoms with Gasteiger partial charge in [0.1, 0.15) is 11.9 Å². The van der Waals surface area contributed by atoms with E-state index in [9.17, 15) is 0 Å². The minimum absolute atomic E-state index is 0.996. The van der Waals surface area contributed by atoms with E-state index in [1.54, 1.807) is 6.34 Å². The van der Waals surface area contributed by atoms with E-state index in [2.05, 4.69) is 28.5 Å². The SMILES string of the molecule is C1=CCC2=C[N+]=CNC2=C1. The zero-order valence-corrected chi connectivity index (χ0v) is 5.54. The molecule has 0 unspecified atom stereocenters. The van der Waals surface area contributed by atoms with Crippen LogP contribution in [0.25, 0.3) is 0 Å². The summed E-state index contributed by atoms with van der Waals surface area (Å²) in [6, 6.07) is 0. The number of fused-ring (bicyclic) bond motifs is 1. The van der Waals surface area contributed by atoms with Crippen molar-refractivity contribution in [2.24, 2.45) is 0 Å². The average molecular weight is 132 g/mol. The number of nitrogens with one attached hydrogen (secondary N) is 1. The van der Waals surface area contributed by atoms with Crippen molar-refractivity contribution in [3.05, 3.63) is 35.7 Å². The molecule has 10 heavy (non-hydrogen) atoms. The number of hydrogen-bond donors (Lipinski definition) is 1. The van der Waals surface area contributed by atoms with Crippen LogP contribution >= 0.6 is 0 Å². The fourth-order valence-electron chi connectivity index (χ4n) is 1.07. The molecule has 0 atom stereocenters. The lowest BCUT2D eigenvalue weighted by atomic mass is 10.1. The summed E-state index contributed by atoms with van der Waals surface area (Å²) in [6.07, 6.45) is 10.8. The van der Waals surface area contributed by atoms with Crippen LogP contribution < -0.4 is 10.3 Å². The average Bonchev–Trinajstić information content (AvgIpc) is 2.05. The monoisotopic (exact) mass is 132 g/mol. The molecule has 49 valence electrons. The molecule has 0 bridgehead atoms. The second-order valence-corrected chi connectivity index (χ2v) is 2.29. The van der Waals surface area contributed by atoms with E-state index < -0.39 is 0 Å². The molecule has 2 aliphatic rings. The molecule has 1 N–H and O–H groups in total. The minimum Gasteiger partial charge on any atom is -0.244 e. The molecule has 0 fully saturated rings. The Labute approximate surface area is 59.7 Å². The van der Waals surface area contributed by atoms with Gasteiger partial charge in [-0.3, -0.25) is 0 Å². The summed E-state index contributed by atoms with van der Waals surface area (Å²) in [7, 11) is 0. The Morgan fingerprint density at radius 2 is 2.50 bits per heavy atom. The Hall–Kier alpha value is -1.31.